The van der Waals surface area contributed by atoms with E-state index < -0.39 is 0 Å². The molecule has 1 amide bonds. The SMILES string of the molecule is CN1CCN(c2ccc([N+](=O)[O-])c(C3CC3)c2)CC1=O. The Kier molecular flexibility index (Phi) is 3.08. The summed E-state index contributed by atoms with van der Waals surface area (Å²) in [5.74, 6) is 0.404. The Balaban J connectivity index is 1.89. The largest absolute Gasteiger partial charge is 0.360 e. The van der Waals surface area contributed by atoms with Crippen LogP contribution in [0.5, 0.6) is 0 Å². The van der Waals surface area contributed by atoms with Crippen molar-refractivity contribution in [1.82, 2.24) is 4.90 Å². The highest BCUT2D eigenvalue weighted by Crippen LogP contribution is 2.45. The van der Waals surface area contributed by atoms with Crippen LogP contribution in [0.2, 0.25) is 0 Å². The van der Waals surface area contributed by atoms with Crippen LogP contribution in [-0.2, 0) is 4.79 Å². The van der Waals surface area contributed by atoms with Crippen molar-refractivity contribution in [1.29, 1.82) is 0 Å². The maximum atomic E-state index is 11.8. The van der Waals surface area contributed by atoms with Crippen LogP contribution in [0.3, 0.4) is 0 Å². The fraction of sp³-hybridized carbons (Fsp3) is 0.500. The van der Waals surface area contributed by atoms with Gasteiger partial charge in [-0.25, -0.2) is 0 Å². The van der Waals surface area contributed by atoms with Crippen LogP contribution in [0, 0.1) is 10.1 Å². The molecule has 0 bridgehead atoms. The highest BCUT2D eigenvalue weighted by molar-refractivity contribution is 5.82. The van der Waals surface area contributed by atoms with Gasteiger partial charge < -0.3 is 9.80 Å². The first kappa shape index (κ1) is 12.9. The summed E-state index contributed by atoms with van der Waals surface area (Å²) in [6.45, 7) is 1.80. The molecular weight excluding hydrogens is 258 g/mol. The lowest BCUT2D eigenvalue weighted by Gasteiger charge is -2.33. The van der Waals surface area contributed by atoms with Crippen LogP contribution in [0.1, 0.15) is 24.3 Å². The first-order valence-corrected chi connectivity index (χ1v) is 6.83. The topological polar surface area (TPSA) is 66.7 Å². The Hall–Kier alpha value is -2.11. The number of hydrogen-bond acceptors (Lipinski definition) is 4. The van der Waals surface area contributed by atoms with Gasteiger partial charge in [0.2, 0.25) is 5.91 Å². The molecule has 0 aromatic heterocycles. The van der Waals surface area contributed by atoms with Crippen molar-refractivity contribution in [2.24, 2.45) is 0 Å². The second-order valence-electron chi connectivity index (χ2n) is 5.51. The lowest BCUT2D eigenvalue weighted by Crippen LogP contribution is -2.48. The fourth-order valence-corrected chi connectivity index (χ4v) is 2.61. The highest BCUT2D eigenvalue weighted by Gasteiger charge is 2.31. The Morgan fingerprint density at radius 2 is 2.05 bits per heavy atom. The number of likely N-dealkylation sites (N-methyl/N-ethyl adjacent to an activating group) is 1. The van der Waals surface area contributed by atoms with Crippen molar-refractivity contribution in [3.05, 3.63) is 33.9 Å². The van der Waals surface area contributed by atoms with E-state index in [4.69, 9.17) is 0 Å². The molecule has 2 aliphatic rings. The number of hydrogen-bond donors (Lipinski definition) is 0. The number of nitro benzene ring substituents is 1. The van der Waals surface area contributed by atoms with E-state index in [1.54, 1.807) is 24.1 Å². The Morgan fingerprint density at radius 1 is 1.30 bits per heavy atom. The molecule has 1 aromatic rings. The number of rotatable bonds is 3. The van der Waals surface area contributed by atoms with Crippen LogP contribution < -0.4 is 4.90 Å². The normalized spacial score (nSPS) is 19.4. The number of carbonyl (C=O) groups excluding carboxylic acids is 1. The molecule has 2 fully saturated rings. The van der Waals surface area contributed by atoms with Crippen molar-refractivity contribution in [2.75, 3.05) is 31.6 Å². The number of benzene rings is 1. The molecule has 0 atom stereocenters. The third-order valence-electron chi connectivity index (χ3n) is 4.05. The summed E-state index contributed by atoms with van der Waals surface area (Å²) in [7, 11) is 1.80. The van der Waals surface area contributed by atoms with Gasteiger partial charge in [-0.05, 0) is 30.9 Å². The van der Waals surface area contributed by atoms with Gasteiger partial charge in [0.25, 0.3) is 5.69 Å². The summed E-state index contributed by atoms with van der Waals surface area (Å²) in [6, 6.07) is 5.22. The van der Waals surface area contributed by atoms with Crippen molar-refractivity contribution < 1.29 is 9.72 Å². The number of nitrogens with zero attached hydrogens (tertiary/aromatic N) is 3. The van der Waals surface area contributed by atoms with Gasteiger partial charge in [-0.3, -0.25) is 14.9 Å². The van der Waals surface area contributed by atoms with Crippen LogP contribution in [0.15, 0.2) is 18.2 Å². The summed E-state index contributed by atoms with van der Waals surface area (Å²) < 4.78 is 0. The van der Waals surface area contributed by atoms with E-state index in [0.717, 1.165) is 30.6 Å². The number of piperazine rings is 1. The van der Waals surface area contributed by atoms with Crippen molar-refractivity contribution >= 4 is 17.3 Å². The van der Waals surface area contributed by atoms with E-state index in [-0.39, 0.29) is 16.5 Å². The molecule has 20 heavy (non-hydrogen) atoms. The minimum absolute atomic E-state index is 0.0857. The smallest absolute Gasteiger partial charge is 0.273 e. The number of amides is 1. The monoisotopic (exact) mass is 275 g/mol. The molecule has 106 valence electrons. The zero-order valence-corrected chi connectivity index (χ0v) is 11.4. The van der Waals surface area contributed by atoms with Gasteiger partial charge in [-0.15, -0.1) is 0 Å². The molecule has 0 N–H and O–H groups in total. The van der Waals surface area contributed by atoms with Crippen LogP contribution >= 0.6 is 0 Å². The summed E-state index contributed by atoms with van der Waals surface area (Å²) in [6.07, 6.45) is 2.04. The van der Waals surface area contributed by atoms with Gasteiger partial charge in [0, 0.05) is 37.5 Å². The standard InChI is InChI=1S/C14H17N3O3/c1-15-6-7-16(9-14(15)18)11-4-5-13(17(19)20)12(8-11)10-2-3-10/h4-5,8,10H,2-3,6-7,9H2,1H3. The number of anilines is 1. The molecule has 0 radical (unpaired) electrons. The molecule has 6 heteroatoms. The molecule has 1 aliphatic heterocycles. The van der Waals surface area contributed by atoms with Crippen molar-refractivity contribution in [3.8, 4) is 0 Å². The maximum Gasteiger partial charge on any atom is 0.273 e. The number of carbonyl (C=O) groups is 1. The van der Waals surface area contributed by atoms with E-state index in [0.29, 0.717) is 19.0 Å². The molecule has 1 aromatic carbocycles. The molecule has 1 heterocycles. The lowest BCUT2D eigenvalue weighted by atomic mass is 10.1. The fourth-order valence-electron chi connectivity index (χ4n) is 2.61. The van der Waals surface area contributed by atoms with Gasteiger partial charge >= 0.3 is 0 Å². The zero-order chi connectivity index (χ0) is 14.3. The predicted molar refractivity (Wildman–Crippen MR) is 74.9 cm³/mol. The Bertz CT molecular complexity index is 569. The predicted octanol–water partition coefficient (Wildman–Crippen LogP) is 1.75. The van der Waals surface area contributed by atoms with Gasteiger partial charge in [0.05, 0.1) is 11.5 Å². The summed E-state index contributed by atoms with van der Waals surface area (Å²) in [5, 5.41) is 11.1. The molecule has 1 aliphatic carbocycles. The Labute approximate surface area is 117 Å². The highest BCUT2D eigenvalue weighted by atomic mass is 16.6. The maximum absolute atomic E-state index is 11.8. The van der Waals surface area contributed by atoms with Crippen LogP contribution in [-0.4, -0.2) is 42.4 Å². The summed E-state index contributed by atoms with van der Waals surface area (Å²) in [5.41, 5.74) is 1.94. The quantitative estimate of drug-likeness (QED) is 0.622. The van der Waals surface area contributed by atoms with Gasteiger partial charge in [0.15, 0.2) is 0 Å². The average Bonchev–Trinajstić information content (AvgIpc) is 3.25. The second-order valence-corrected chi connectivity index (χ2v) is 5.51. The van der Waals surface area contributed by atoms with Crippen molar-refractivity contribution in [3.63, 3.8) is 0 Å². The minimum Gasteiger partial charge on any atom is -0.360 e. The van der Waals surface area contributed by atoms with Crippen molar-refractivity contribution in [2.45, 2.75) is 18.8 Å². The average molecular weight is 275 g/mol. The molecule has 6 nitrogen and oxygen atoms in total. The zero-order valence-electron chi connectivity index (χ0n) is 11.4. The van der Waals surface area contributed by atoms with Crippen LogP contribution in [0.4, 0.5) is 11.4 Å². The third-order valence-corrected chi connectivity index (χ3v) is 4.05. The molecule has 1 saturated carbocycles. The molecule has 0 spiro atoms. The van der Waals surface area contributed by atoms with Gasteiger partial charge in [-0.1, -0.05) is 0 Å². The van der Waals surface area contributed by atoms with E-state index in [2.05, 4.69) is 0 Å². The van der Waals surface area contributed by atoms with Gasteiger partial charge in [-0.2, -0.15) is 0 Å². The Morgan fingerprint density at radius 3 is 2.65 bits per heavy atom. The van der Waals surface area contributed by atoms with E-state index in [9.17, 15) is 14.9 Å². The summed E-state index contributed by atoms with van der Waals surface area (Å²) in [4.78, 5) is 26.2. The molecule has 1 saturated heterocycles. The first-order valence-electron chi connectivity index (χ1n) is 6.83. The minimum atomic E-state index is -0.313. The third kappa shape index (κ3) is 2.33. The molecular formula is C14H17N3O3. The number of nitro groups is 1. The first-order chi connectivity index (χ1) is 9.56. The van der Waals surface area contributed by atoms with E-state index >= 15 is 0 Å². The van der Waals surface area contributed by atoms with E-state index in [1.165, 1.54) is 0 Å². The van der Waals surface area contributed by atoms with Crippen LogP contribution in [0.25, 0.3) is 0 Å². The summed E-state index contributed by atoms with van der Waals surface area (Å²) >= 11 is 0. The molecule has 0 unspecified atom stereocenters. The lowest BCUT2D eigenvalue weighted by molar-refractivity contribution is -0.385. The second kappa shape index (κ2) is 4.77. The van der Waals surface area contributed by atoms with Gasteiger partial charge in [0.1, 0.15) is 0 Å². The van der Waals surface area contributed by atoms with E-state index in [1.807, 2.05) is 11.0 Å². The molecule has 3 rings (SSSR count).